The Balaban J connectivity index is 1.37. The molecule has 2 aromatic heterocycles. The van der Waals surface area contributed by atoms with Gasteiger partial charge in [0.1, 0.15) is 29.4 Å². The number of nitrogens with two attached hydrogens (primary N) is 1. The van der Waals surface area contributed by atoms with Crippen molar-refractivity contribution in [2.45, 2.75) is 30.5 Å². The lowest BCUT2D eigenvalue weighted by molar-refractivity contribution is -0.0931. The third-order valence-corrected chi connectivity index (χ3v) is 7.53. The number of ether oxygens (including phenoxy) is 4. The predicted octanol–water partition coefficient (Wildman–Crippen LogP) is 3.64. The van der Waals surface area contributed by atoms with Gasteiger partial charge < -0.3 is 34.2 Å². The number of aromatic nitrogens is 3. The highest BCUT2D eigenvalue weighted by molar-refractivity contribution is 5.69. The number of nitrogens with zero attached hydrogens (tertiary/aromatic N) is 3. The molecule has 1 aliphatic rings. The highest BCUT2D eigenvalue weighted by Gasteiger charge is 2.42. The topological polar surface area (TPSA) is 144 Å². The van der Waals surface area contributed by atoms with Crippen LogP contribution in [0.3, 0.4) is 0 Å². The van der Waals surface area contributed by atoms with Gasteiger partial charge in [0.15, 0.2) is 11.2 Å². The summed E-state index contributed by atoms with van der Waals surface area (Å²) in [6.45, 7) is 0.0367. The number of aliphatic hydroxyl groups excluding tert-OH is 1. The van der Waals surface area contributed by atoms with Crippen molar-refractivity contribution in [2.24, 2.45) is 0 Å². The molecule has 5 aromatic rings. The van der Waals surface area contributed by atoms with Gasteiger partial charge in [-0.2, -0.15) is 4.98 Å². The van der Waals surface area contributed by atoms with Crippen molar-refractivity contribution in [3.63, 3.8) is 0 Å². The molecule has 3 heterocycles. The average Bonchev–Trinajstić information content (AvgIpc) is 3.61. The van der Waals surface area contributed by atoms with Crippen LogP contribution in [0, 0.1) is 0 Å². The zero-order valence-corrected chi connectivity index (χ0v) is 23.0. The number of benzene rings is 3. The fourth-order valence-corrected chi connectivity index (χ4v) is 5.41. The van der Waals surface area contributed by atoms with Crippen molar-refractivity contribution in [2.75, 3.05) is 26.6 Å². The minimum Gasteiger partial charge on any atom is -0.497 e. The number of hydrogen-bond acceptors (Lipinski definition) is 10. The smallest absolute Gasteiger partial charge is 0.368 e. The lowest BCUT2D eigenvalue weighted by Crippen LogP contribution is -2.38. The van der Waals surface area contributed by atoms with Crippen LogP contribution in [0.5, 0.6) is 11.5 Å². The molecule has 0 amide bonds. The van der Waals surface area contributed by atoms with E-state index in [2.05, 4.69) is 9.97 Å². The minimum absolute atomic E-state index is 0.0316. The quantitative estimate of drug-likeness (QED) is 0.252. The van der Waals surface area contributed by atoms with Gasteiger partial charge in [0, 0.05) is 6.42 Å². The maximum absolute atomic E-state index is 12.2. The fraction of sp³-hybridized carbons (Fsp3) is 0.258. The number of methoxy groups -OCH3 is 2. The molecule has 11 nitrogen and oxygen atoms in total. The number of anilines is 1. The van der Waals surface area contributed by atoms with E-state index in [-0.39, 0.29) is 30.2 Å². The molecular weight excluding hydrogens is 540 g/mol. The molecule has 1 aliphatic heterocycles. The minimum atomic E-state index is -1.07. The second-order valence-corrected chi connectivity index (χ2v) is 9.91. The van der Waals surface area contributed by atoms with Gasteiger partial charge in [-0.15, -0.1) is 0 Å². The normalized spacial score (nSPS) is 18.8. The van der Waals surface area contributed by atoms with Crippen molar-refractivity contribution in [3.05, 3.63) is 112 Å². The molecule has 3 N–H and O–H groups in total. The van der Waals surface area contributed by atoms with E-state index in [1.165, 1.54) is 6.33 Å². The molecule has 0 spiro atoms. The van der Waals surface area contributed by atoms with Crippen LogP contribution in [-0.2, 0) is 15.1 Å². The molecule has 1 saturated heterocycles. The Bertz CT molecular complexity index is 1670. The largest absolute Gasteiger partial charge is 0.497 e. The zero-order chi connectivity index (χ0) is 29.3. The lowest BCUT2D eigenvalue weighted by atomic mass is 9.80. The van der Waals surface area contributed by atoms with Crippen LogP contribution in [0.1, 0.15) is 29.3 Å². The van der Waals surface area contributed by atoms with Crippen LogP contribution in [0.15, 0.2) is 94.4 Å². The number of nitrogen functional groups attached to an aromatic ring is 1. The first-order chi connectivity index (χ1) is 20.4. The third-order valence-electron chi connectivity index (χ3n) is 7.53. The summed E-state index contributed by atoms with van der Waals surface area (Å²) in [7, 11) is 3.24. The molecule has 42 heavy (non-hydrogen) atoms. The summed E-state index contributed by atoms with van der Waals surface area (Å²) < 4.78 is 30.4. The van der Waals surface area contributed by atoms with Gasteiger partial charge in [-0.25, -0.2) is 9.78 Å². The summed E-state index contributed by atoms with van der Waals surface area (Å²) in [6, 6.07) is 25.0. The van der Waals surface area contributed by atoms with Gasteiger partial charge in [0.05, 0.1) is 33.3 Å². The second kappa shape index (κ2) is 11.3. The molecular formula is C31H30N4O7. The first-order valence-corrected chi connectivity index (χ1v) is 13.4. The van der Waals surface area contributed by atoms with Crippen LogP contribution >= 0.6 is 0 Å². The number of hydrogen-bond donors (Lipinski definition) is 2. The van der Waals surface area contributed by atoms with Crippen molar-refractivity contribution in [1.82, 2.24) is 14.5 Å². The van der Waals surface area contributed by atoms with E-state index in [4.69, 9.17) is 29.1 Å². The Hall–Kier alpha value is -4.71. The van der Waals surface area contributed by atoms with Crippen LogP contribution in [-0.4, -0.2) is 52.7 Å². The molecule has 3 atom stereocenters. The zero-order valence-electron chi connectivity index (χ0n) is 23.0. The summed E-state index contributed by atoms with van der Waals surface area (Å²) >= 11 is 0. The van der Waals surface area contributed by atoms with E-state index in [0.29, 0.717) is 11.5 Å². The molecule has 0 bridgehead atoms. The monoisotopic (exact) mass is 570 g/mol. The van der Waals surface area contributed by atoms with E-state index in [1.807, 2.05) is 78.9 Å². The van der Waals surface area contributed by atoms with Gasteiger partial charge in [0.2, 0.25) is 0 Å². The Labute approximate surface area is 241 Å². The fourth-order valence-electron chi connectivity index (χ4n) is 5.41. The van der Waals surface area contributed by atoms with Crippen molar-refractivity contribution in [3.8, 4) is 11.5 Å². The number of imidazole rings is 1. The van der Waals surface area contributed by atoms with Gasteiger partial charge in [-0.3, -0.25) is 4.57 Å². The molecule has 6 rings (SSSR count). The predicted molar refractivity (Wildman–Crippen MR) is 153 cm³/mol. The molecule has 0 aliphatic carbocycles. The highest BCUT2D eigenvalue weighted by Crippen LogP contribution is 2.43. The molecule has 1 fully saturated rings. The van der Waals surface area contributed by atoms with Crippen LogP contribution in [0.25, 0.3) is 11.2 Å². The Kier molecular flexibility index (Phi) is 7.38. The SMILES string of the molecule is COc1ccc(C(OC[C@H]2O[C@@H](n3cnc4c(=O)oc(N)nc43)CC2O)(c2ccccc2)c2ccc(OC)cc2)cc1. The Morgan fingerprint density at radius 2 is 1.55 bits per heavy atom. The molecule has 0 saturated carbocycles. The maximum Gasteiger partial charge on any atom is 0.368 e. The maximum atomic E-state index is 12.2. The van der Waals surface area contributed by atoms with Crippen molar-refractivity contribution >= 4 is 17.2 Å². The van der Waals surface area contributed by atoms with Gasteiger partial charge in [-0.1, -0.05) is 54.6 Å². The van der Waals surface area contributed by atoms with Gasteiger partial charge in [0.25, 0.3) is 6.01 Å². The van der Waals surface area contributed by atoms with Gasteiger partial charge >= 0.3 is 5.63 Å². The Morgan fingerprint density at radius 1 is 0.952 bits per heavy atom. The summed E-state index contributed by atoms with van der Waals surface area (Å²) in [6.07, 6.45) is -0.572. The molecule has 1 unspecified atom stereocenters. The number of aliphatic hydroxyl groups is 1. The standard InChI is InChI=1S/C31H30N4O7/c1-38-22-12-8-20(9-13-22)31(19-6-4-3-5-7-19,21-10-14-23(39-2)15-11-21)40-17-25-24(36)16-26(41-25)35-18-33-27-28(35)34-30(32)42-29(27)37/h3-15,18,24-26,36H,16-17H2,1-2H3,(H2,32,34)/t24?,25-,26-/m1/s1. The van der Waals surface area contributed by atoms with Crippen LogP contribution < -0.4 is 20.8 Å². The van der Waals surface area contributed by atoms with Crippen molar-refractivity contribution < 1.29 is 28.5 Å². The van der Waals surface area contributed by atoms with Crippen molar-refractivity contribution in [1.29, 1.82) is 0 Å². The first-order valence-electron chi connectivity index (χ1n) is 13.4. The van der Waals surface area contributed by atoms with Crippen LogP contribution in [0.2, 0.25) is 0 Å². The average molecular weight is 571 g/mol. The molecule has 3 aromatic carbocycles. The van der Waals surface area contributed by atoms with Gasteiger partial charge in [-0.05, 0) is 41.0 Å². The third kappa shape index (κ3) is 4.87. The van der Waals surface area contributed by atoms with E-state index in [0.717, 1.165) is 16.7 Å². The van der Waals surface area contributed by atoms with E-state index < -0.39 is 29.7 Å². The van der Waals surface area contributed by atoms with Crippen LogP contribution in [0.4, 0.5) is 6.01 Å². The highest BCUT2D eigenvalue weighted by atomic mass is 16.6. The molecule has 216 valence electrons. The Morgan fingerprint density at radius 3 is 2.14 bits per heavy atom. The number of fused-ring (bicyclic) bond motifs is 1. The summed E-state index contributed by atoms with van der Waals surface area (Å²) in [5, 5.41) is 11.1. The first kappa shape index (κ1) is 27.5. The summed E-state index contributed by atoms with van der Waals surface area (Å²) in [5.74, 6) is 1.42. The summed E-state index contributed by atoms with van der Waals surface area (Å²) in [4.78, 5) is 20.4. The lowest BCUT2D eigenvalue weighted by Gasteiger charge is -2.37. The van der Waals surface area contributed by atoms with E-state index in [9.17, 15) is 9.90 Å². The van der Waals surface area contributed by atoms with E-state index in [1.54, 1.807) is 18.8 Å². The van der Waals surface area contributed by atoms with E-state index >= 15 is 0 Å². The number of rotatable bonds is 9. The second-order valence-electron chi connectivity index (χ2n) is 9.91. The summed E-state index contributed by atoms with van der Waals surface area (Å²) in [5.41, 5.74) is 6.75. The molecule has 0 radical (unpaired) electrons. The molecule has 11 heteroatoms.